The minimum atomic E-state index is -3.91. The molecule has 0 radical (unpaired) electrons. The number of sulfonamides is 1. The van der Waals surface area contributed by atoms with Gasteiger partial charge >= 0.3 is 5.97 Å². The molecule has 2 amide bonds. The number of aromatic nitrogens is 1. The van der Waals surface area contributed by atoms with Gasteiger partial charge in [-0.3, -0.25) is 20.0 Å². The highest BCUT2D eigenvalue weighted by Gasteiger charge is 2.40. The number of carbonyl (C=O) groups excluding carboxylic acids is 2. The van der Waals surface area contributed by atoms with Crippen LogP contribution in [-0.2, 0) is 30.8 Å². The van der Waals surface area contributed by atoms with Crippen LogP contribution in [-0.4, -0.2) is 71.7 Å². The van der Waals surface area contributed by atoms with Crippen molar-refractivity contribution in [2.45, 2.75) is 55.5 Å². The van der Waals surface area contributed by atoms with E-state index in [1.54, 1.807) is 30.3 Å². The largest absolute Gasteiger partial charge is 0.480 e. The molecule has 3 rings (SSSR count). The van der Waals surface area contributed by atoms with Gasteiger partial charge < -0.3 is 26.8 Å². The standard InChI is InChI=1S/C25H33N7O6S/c26-25(27)28-13-5-4-10-22(33)30-18-12-11-17(29-16-18)15-20(24(35)36)31-23(34)21-9-6-14-32(21)39(37,38)19-7-2-1-3-8-19/h1-3,7-8,11-12,16,20-21H,4-6,9-10,13-15H2,(H,30,33)(H,31,34)(H,35,36)(H4,26,27,28)/t20-,21-/m0/s1. The first-order chi connectivity index (χ1) is 18.6. The molecule has 1 aromatic carbocycles. The summed E-state index contributed by atoms with van der Waals surface area (Å²) in [5.74, 6) is -2.29. The first-order valence-electron chi connectivity index (χ1n) is 12.5. The lowest BCUT2D eigenvalue weighted by Crippen LogP contribution is -2.51. The molecule has 1 saturated heterocycles. The van der Waals surface area contributed by atoms with Gasteiger partial charge in [0, 0.05) is 31.6 Å². The summed E-state index contributed by atoms with van der Waals surface area (Å²) in [5.41, 5.74) is 6.01. The van der Waals surface area contributed by atoms with Gasteiger partial charge in [0.2, 0.25) is 21.8 Å². The van der Waals surface area contributed by atoms with Gasteiger partial charge in [-0.2, -0.15) is 4.31 Å². The van der Waals surface area contributed by atoms with Crippen LogP contribution in [0.4, 0.5) is 5.69 Å². The van der Waals surface area contributed by atoms with Gasteiger partial charge in [-0.05, 0) is 49.9 Å². The fourth-order valence-electron chi connectivity index (χ4n) is 4.17. The number of hydrogen-bond donors (Lipinski definition) is 6. The van der Waals surface area contributed by atoms with Crippen molar-refractivity contribution in [1.82, 2.24) is 19.9 Å². The van der Waals surface area contributed by atoms with E-state index in [9.17, 15) is 27.9 Å². The Hall–Kier alpha value is -4.04. The molecule has 1 fully saturated rings. The quantitative estimate of drug-likeness (QED) is 0.115. The molecule has 39 heavy (non-hydrogen) atoms. The summed E-state index contributed by atoms with van der Waals surface area (Å²) >= 11 is 0. The number of carboxylic acids is 1. The zero-order valence-corrected chi connectivity index (χ0v) is 22.1. The molecule has 13 nitrogen and oxygen atoms in total. The van der Waals surface area contributed by atoms with Crippen molar-refractivity contribution >= 4 is 39.5 Å². The molecule has 2 aromatic rings. The molecule has 1 aliphatic rings. The Labute approximate surface area is 226 Å². The maximum Gasteiger partial charge on any atom is 0.326 e. The SMILES string of the molecule is N=C(N)NCCCCC(=O)Nc1ccc(C[C@H](NC(=O)[C@@H]2CCCN2S(=O)(=O)c2ccccc2)C(=O)O)nc1. The summed E-state index contributed by atoms with van der Waals surface area (Å²) in [4.78, 5) is 41.3. The van der Waals surface area contributed by atoms with E-state index in [2.05, 4.69) is 20.9 Å². The highest BCUT2D eigenvalue weighted by molar-refractivity contribution is 7.89. The van der Waals surface area contributed by atoms with Crippen molar-refractivity contribution in [3.8, 4) is 0 Å². The predicted octanol–water partition coefficient (Wildman–Crippen LogP) is 0.639. The fourth-order valence-corrected chi connectivity index (χ4v) is 5.85. The first kappa shape index (κ1) is 29.5. The number of carbonyl (C=O) groups is 3. The van der Waals surface area contributed by atoms with Gasteiger partial charge in [-0.1, -0.05) is 18.2 Å². The number of aliphatic carboxylic acids is 1. The number of amides is 2. The van der Waals surface area contributed by atoms with Gasteiger partial charge in [-0.15, -0.1) is 0 Å². The van der Waals surface area contributed by atoms with Crippen LogP contribution in [0.5, 0.6) is 0 Å². The number of hydrogen-bond acceptors (Lipinski definition) is 7. The third-order valence-electron chi connectivity index (χ3n) is 6.14. The van der Waals surface area contributed by atoms with Crippen LogP contribution < -0.4 is 21.7 Å². The van der Waals surface area contributed by atoms with E-state index in [1.807, 2.05) is 0 Å². The Kier molecular flexibility index (Phi) is 10.3. The minimum Gasteiger partial charge on any atom is -0.480 e. The number of pyridine rings is 1. The molecule has 0 spiro atoms. The monoisotopic (exact) mass is 559 g/mol. The molecule has 2 atom stereocenters. The zero-order valence-electron chi connectivity index (χ0n) is 21.3. The van der Waals surface area contributed by atoms with E-state index >= 15 is 0 Å². The van der Waals surface area contributed by atoms with Crippen LogP contribution in [0.15, 0.2) is 53.6 Å². The molecule has 0 bridgehead atoms. The lowest BCUT2D eigenvalue weighted by Gasteiger charge is -2.25. The Morgan fingerprint density at radius 2 is 1.90 bits per heavy atom. The maximum atomic E-state index is 13.1. The molecule has 7 N–H and O–H groups in total. The predicted molar refractivity (Wildman–Crippen MR) is 143 cm³/mol. The Morgan fingerprint density at radius 3 is 2.54 bits per heavy atom. The van der Waals surface area contributed by atoms with E-state index in [1.165, 1.54) is 18.3 Å². The number of nitrogens with zero attached hydrogens (tertiary/aromatic N) is 2. The van der Waals surface area contributed by atoms with E-state index in [0.29, 0.717) is 37.2 Å². The highest BCUT2D eigenvalue weighted by atomic mass is 32.2. The van der Waals surface area contributed by atoms with E-state index in [0.717, 1.165) is 4.31 Å². The van der Waals surface area contributed by atoms with Gasteiger partial charge in [0.25, 0.3) is 0 Å². The zero-order chi connectivity index (χ0) is 28.4. The second-order valence-corrected chi connectivity index (χ2v) is 11.0. The molecule has 210 valence electrons. The topological polar surface area (TPSA) is 208 Å². The Bertz CT molecular complexity index is 1270. The third-order valence-corrected chi connectivity index (χ3v) is 8.06. The number of benzene rings is 1. The normalized spacial score (nSPS) is 16.3. The molecular weight excluding hydrogens is 526 g/mol. The fraction of sp³-hybridized carbons (Fsp3) is 0.400. The molecule has 2 heterocycles. The summed E-state index contributed by atoms with van der Waals surface area (Å²) in [6.45, 7) is 0.666. The maximum absolute atomic E-state index is 13.1. The average molecular weight is 560 g/mol. The molecule has 1 aliphatic heterocycles. The highest BCUT2D eigenvalue weighted by Crippen LogP contribution is 2.26. The van der Waals surface area contributed by atoms with Crippen molar-refractivity contribution in [3.63, 3.8) is 0 Å². The summed E-state index contributed by atoms with van der Waals surface area (Å²) < 4.78 is 27.2. The molecule has 14 heteroatoms. The molecule has 0 saturated carbocycles. The van der Waals surface area contributed by atoms with Crippen molar-refractivity contribution in [1.29, 1.82) is 5.41 Å². The Morgan fingerprint density at radius 1 is 1.15 bits per heavy atom. The average Bonchev–Trinajstić information content (AvgIpc) is 3.41. The van der Waals surface area contributed by atoms with E-state index < -0.39 is 34.0 Å². The van der Waals surface area contributed by atoms with Crippen LogP contribution in [0.25, 0.3) is 0 Å². The van der Waals surface area contributed by atoms with Gasteiger partial charge in [0.05, 0.1) is 16.8 Å². The smallest absolute Gasteiger partial charge is 0.326 e. The van der Waals surface area contributed by atoms with Crippen molar-refractivity contribution < 1.29 is 27.9 Å². The van der Waals surface area contributed by atoms with Crippen LogP contribution in [0.2, 0.25) is 0 Å². The lowest BCUT2D eigenvalue weighted by atomic mass is 10.1. The number of guanidine groups is 1. The number of rotatable bonds is 13. The molecule has 0 unspecified atom stereocenters. The van der Waals surface area contributed by atoms with Crippen molar-refractivity contribution in [2.75, 3.05) is 18.4 Å². The number of nitrogens with one attached hydrogen (secondary N) is 4. The van der Waals surface area contributed by atoms with E-state index in [4.69, 9.17) is 11.1 Å². The van der Waals surface area contributed by atoms with Crippen LogP contribution in [0.1, 0.15) is 37.8 Å². The van der Waals surface area contributed by atoms with Crippen LogP contribution in [0.3, 0.4) is 0 Å². The summed E-state index contributed by atoms with van der Waals surface area (Å²) in [5, 5.41) is 24.6. The number of anilines is 1. The summed E-state index contributed by atoms with van der Waals surface area (Å²) in [7, 11) is -3.91. The van der Waals surface area contributed by atoms with E-state index in [-0.39, 0.29) is 42.6 Å². The van der Waals surface area contributed by atoms with Crippen LogP contribution >= 0.6 is 0 Å². The van der Waals surface area contributed by atoms with Crippen LogP contribution in [0, 0.1) is 5.41 Å². The van der Waals surface area contributed by atoms with Gasteiger partial charge in [-0.25, -0.2) is 13.2 Å². The summed E-state index contributed by atoms with van der Waals surface area (Å²) in [6, 6.07) is 8.59. The number of nitrogens with two attached hydrogens (primary N) is 1. The lowest BCUT2D eigenvalue weighted by molar-refractivity contribution is -0.142. The third kappa shape index (κ3) is 8.48. The van der Waals surface area contributed by atoms with Gasteiger partial charge in [0.1, 0.15) is 12.1 Å². The second kappa shape index (κ2) is 13.7. The van der Waals surface area contributed by atoms with Crippen molar-refractivity contribution in [3.05, 3.63) is 54.4 Å². The second-order valence-electron chi connectivity index (χ2n) is 9.07. The molecule has 0 aliphatic carbocycles. The Balaban J connectivity index is 1.55. The number of carboxylic acid groups (broad SMARTS) is 1. The summed E-state index contributed by atoms with van der Waals surface area (Å²) in [6.07, 6.45) is 3.57. The first-order valence-corrected chi connectivity index (χ1v) is 13.9. The number of unbranched alkanes of at least 4 members (excludes halogenated alkanes) is 1. The molecular formula is C25H33N7O6S. The van der Waals surface area contributed by atoms with Gasteiger partial charge in [0.15, 0.2) is 5.96 Å². The molecule has 1 aromatic heterocycles. The van der Waals surface area contributed by atoms with Crippen molar-refractivity contribution in [2.24, 2.45) is 5.73 Å². The minimum absolute atomic E-state index is 0.0702.